The number of aryl methyl sites for hydroxylation is 1. The topological polar surface area (TPSA) is 83.0 Å². The Bertz CT molecular complexity index is 513. The van der Waals surface area contributed by atoms with Crippen LogP contribution in [-0.4, -0.2) is 21.0 Å². The second-order valence-corrected chi connectivity index (χ2v) is 5.17. The molecule has 18 heavy (non-hydrogen) atoms. The molecule has 1 aromatic rings. The van der Waals surface area contributed by atoms with Crippen LogP contribution < -0.4 is 5.56 Å². The zero-order valence-corrected chi connectivity index (χ0v) is 10.7. The van der Waals surface area contributed by atoms with Gasteiger partial charge in [-0.2, -0.15) is 0 Å². The molecule has 0 unspecified atom stereocenters. The van der Waals surface area contributed by atoms with Gasteiger partial charge in [-0.1, -0.05) is 19.8 Å². The largest absolute Gasteiger partial charge is 0.477 e. The van der Waals surface area contributed by atoms with Crippen LogP contribution in [0.1, 0.15) is 60.4 Å². The average molecular weight is 250 g/mol. The number of carboxylic acids is 1. The standard InChI is InChI=1S/C13H18N2O3/c1-7-3-5-9(6-4-7)11-14-8(2)10(13(17)18)12(16)15-11/h7,9H,3-6H2,1-2H3,(H,17,18)(H,14,15,16). The molecule has 1 aliphatic rings. The van der Waals surface area contributed by atoms with Gasteiger partial charge >= 0.3 is 5.97 Å². The lowest BCUT2D eigenvalue weighted by Crippen LogP contribution is -2.25. The van der Waals surface area contributed by atoms with Gasteiger partial charge in [0, 0.05) is 5.92 Å². The van der Waals surface area contributed by atoms with Gasteiger partial charge in [0.1, 0.15) is 11.4 Å². The molecule has 5 heteroatoms. The van der Waals surface area contributed by atoms with Gasteiger partial charge in [-0.3, -0.25) is 4.79 Å². The molecular formula is C13H18N2O3. The second-order valence-electron chi connectivity index (χ2n) is 5.17. The van der Waals surface area contributed by atoms with Crippen LogP contribution >= 0.6 is 0 Å². The van der Waals surface area contributed by atoms with E-state index in [0.29, 0.717) is 11.5 Å². The summed E-state index contributed by atoms with van der Waals surface area (Å²) in [6, 6.07) is 0. The normalized spacial score (nSPS) is 23.9. The zero-order valence-electron chi connectivity index (χ0n) is 10.7. The summed E-state index contributed by atoms with van der Waals surface area (Å²) >= 11 is 0. The minimum Gasteiger partial charge on any atom is -0.477 e. The first kappa shape index (κ1) is 12.8. The summed E-state index contributed by atoms with van der Waals surface area (Å²) in [5.74, 6) is 0.419. The maximum absolute atomic E-state index is 11.7. The third-order valence-electron chi connectivity index (χ3n) is 3.74. The van der Waals surface area contributed by atoms with Crippen molar-refractivity contribution in [2.24, 2.45) is 5.92 Å². The number of nitrogens with one attached hydrogen (secondary N) is 1. The van der Waals surface area contributed by atoms with Gasteiger partial charge in [-0.05, 0) is 25.7 Å². The zero-order chi connectivity index (χ0) is 13.3. The summed E-state index contributed by atoms with van der Waals surface area (Å²) in [6.45, 7) is 3.80. The fraction of sp³-hybridized carbons (Fsp3) is 0.615. The lowest BCUT2D eigenvalue weighted by molar-refractivity contribution is 0.0693. The summed E-state index contributed by atoms with van der Waals surface area (Å²) in [6.07, 6.45) is 4.29. The molecule has 0 aromatic carbocycles. The summed E-state index contributed by atoms with van der Waals surface area (Å²) in [5.41, 5.74) is -0.480. The van der Waals surface area contributed by atoms with Crippen LogP contribution in [0.4, 0.5) is 0 Å². The minimum absolute atomic E-state index is 0.247. The molecule has 1 heterocycles. The summed E-state index contributed by atoms with van der Waals surface area (Å²) in [5, 5.41) is 8.92. The molecule has 0 spiro atoms. The van der Waals surface area contributed by atoms with Gasteiger partial charge in [0.25, 0.3) is 5.56 Å². The first-order valence-corrected chi connectivity index (χ1v) is 6.33. The number of H-pyrrole nitrogens is 1. The average Bonchev–Trinajstić information content (AvgIpc) is 2.28. The Labute approximate surface area is 105 Å². The summed E-state index contributed by atoms with van der Waals surface area (Å²) in [4.78, 5) is 29.5. The monoisotopic (exact) mass is 250 g/mol. The van der Waals surface area contributed by atoms with E-state index in [4.69, 9.17) is 5.11 Å². The molecular weight excluding hydrogens is 232 g/mol. The lowest BCUT2D eigenvalue weighted by atomic mass is 9.82. The first-order chi connectivity index (χ1) is 8.49. The Morgan fingerprint density at radius 1 is 1.33 bits per heavy atom. The van der Waals surface area contributed by atoms with E-state index in [2.05, 4.69) is 16.9 Å². The number of aromatic carboxylic acids is 1. The fourth-order valence-electron chi connectivity index (χ4n) is 2.59. The van der Waals surface area contributed by atoms with E-state index in [1.54, 1.807) is 6.92 Å². The molecule has 0 bridgehead atoms. The molecule has 0 radical (unpaired) electrons. The van der Waals surface area contributed by atoms with Crippen molar-refractivity contribution in [3.8, 4) is 0 Å². The van der Waals surface area contributed by atoms with Crippen molar-refractivity contribution in [2.75, 3.05) is 0 Å². The minimum atomic E-state index is -1.22. The summed E-state index contributed by atoms with van der Waals surface area (Å²) in [7, 11) is 0. The number of nitrogens with zero attached hydrogens (tertiary/aromatic N) is 1. The maximum atomic E-state index is 11.7. The highest BCUT2D eigenvalue weighted by atomic mass is 16.4. The Kier molecular flexibility index (Phi) is 3.50. The van der Waals surface area contributed by atoms with Crippen molar-refractivity contribution in [1.82, 2.24) is 9.97 Å². The molecule has 1 aliphatic carbocycles. The van der Waals surface area contributed by atoms with Crippen LogP contribution in [0, 0.1) is 12.8 Å². The molecule has 0 amide bonds. The van der Waals surface area contributed by atoms with Crippen molar-refractivity contribution in [2.45, 2.75) is 45.4 Å². The van der Waals surface area contributed by atoms with Gasteiger partial charge in [0.2, 0.25) is 0 Å². The number of carbonyl (C=O) groups is 1. The number of carboxylic acid groups (broad SMARTS) is 1. The first-order valence-electron chi connectivity index (χ1n) is 6.33. The molecule has 2 N–H and O–H groups in total. The molecule has 1 aromatic heterocycles. The maximum Gasteiger partial charge on any atom is 0.343 e. The van der Waals surface area contributed by atoms with Crippen molar-refractivity contribution < 1.29 is 9.90 Å². The molecule has 98 valence electrons. The van der Waals surface area contributed by atoms with Crippen LogP contribution in [0.5, 0.6) is 0 Å². The van der Waals surface area contributed by atoms with E-state index in [0.717, 1.165) is 31.6 Å². The second kappa shape index (κ2) is 4.92. The Hall–Kier alpha value is -1.65. The third-order valence-corrected chi connectivity index (χ3v) is 3.74. The SMILES string of the molecule is Cc1nc(C2CCC(C)CC2)[nH]c(=O)c1C(=O)O. The highest BCUT2D eigenvalue weighted by Gasteiger charge is 2.23. The smallest absolute Gasteiger partial charge is 0.343 e. The molecule has 0 saturated heterocycles. The van der Waals surface area contributed by atoms with E-state index < -0.39 is 11.5 Å². The Balaban J connectivity index is 2.31. The van der Waals surface area contributed by atoms with Crippen LogP contribution in [0.2, 0.25) is 0 Å². The van der Waals surface area contributed by atoms with E-state index in [-0.39, 0.29) is 11.5 Å². The number of hydrogen-bond donors (Lipinski definition) is 2. The quantitative estimate of drug-likeness (QED) is 0.841. The fourth-order valence-corrected chi connectivity index (χ4v) is 2.59. The highest BCUT2D eigenvalue weighted by Crippen LogP contribution is 2.33. The molecule has 1 saturated carbocycles. The molecule has 0 atom stereocenters. The van der Waals surface area contributed by atoms with Gasteiger partial charge < -0.3 is 10.1 Å². The van der Waals surface area contributed by atoms with Gasteiger partial charge in [0.05, 0.1) is 5.69 Å². The highest BCUT2D eigenvalue weighted by molar-refractivity contribution is 5.88. The number of aromatic amines is 1. The summed E-state index contributed by atoms with van der Waals surface area (Å²) < 4.78 is 0. The van der Waals surface area contributed by atoms with Crippen LogP contribution in [0.25, 0.3) is 0 Å². The molecule has 0 aliphatic heterocycles. The van der Waals surface area contributed by atoms with Crippen LogP contribution in [0.3, 0.4) is 0 Å². The van der Waals surface area contributed by atoms with Crippen molar-refractivity contribution >= 4 is 5.97 Å². The predicted octanol–water partition coefficient (Wildman–Crippen LogP) is 2.07. The van der Waals surface area contributed by atoms with Crippen LogP contribution in [0.15, 0.2) is 4.79 Å². The predicted molar refractivity (Wildman–Crippen MR) is 66.9 cm³/mol. The molecule has 2 rings (SSSR count). The van der Waals surface area contributed by atoms with E-state index in [1.807, 2.05) is 0 Å². The number of hydrogen-bond acceptors (Lipinski definition) is 3. The van der Waals surface area contributed by atoms with Crippen molar-refractivity contribution in [3.05, 3.63) is 27.4 Å². The molecule has 5 nitrogen and oxygen atoms in total. The lowest BCUT2D eigenvalue weighted by Gasteiger charge is -2.25. The Morgan fingerprint density at radius 2 is 1.94 bits per heavy atom. The van der Waals surface area contributed by atoms with Crippen LogP contribution in [-0.2, 0) is 0 Å². The van der Waals surface area contributed by atoms with E-state index in [9.17, 15) is 9.59 Å². The number of rotatable bonds is 2. The number of aromatic nitrogens is 2. The van der Waals surface area contributed by atoms with E-state index in [1.165, 1.54) is 0 Å². The van der Waals surface area contributed by atoms with Crippen molar-refractivity contribution in [3.63, 3.8) is 0 Å². The van der Waals surface area contributed by atoms with Gasteiger partial charge in [-0.25, -0.2) is 9.78 Å². The third kappa shape index (κ3) is 2.44. The van der Waals surface area contributed by atoms with Gasteiger partial charge in [0.15, 0.2) is 0 Å². The van der Waals surface area contributed by atoms with Crippen molar-refractivity contribution in [1.29, 1.82) is 0 Å². The Morgan fingerprint density at radius 3 is 2.44 bits per heavy atom. The molecule has 1 fully saturated rings. The van der Waals surface area contributed by atoms with E-state index >= 15 is 0 Å². The van der Waals surface area contributed by atoms with Gasteiger partial charge in [-0.15, -0.1) is 0 Å².